The first-order chi connectivity index (χ1) is 5.84. The van der Waals surface area contributed by atoms with Crippen LogP contribution >= 0.6 is 0 Å². The van der Waals surface area contributed by atoms with Crippen LogP contribution in [0, 0.1) is 0 Å². The van der Waals surface area contributed by atoms with Crippen LogP contribution in [0.1, 0.15) is 6.42 Å². The maximum atomic E-state index is 5.23. The fourth-order valence-corrected chi connectivity index (χ4v) is 2.76. The molecule has 3 nitrogen and oxygen atoms in total. The molecule has 3 rings (SSSR count). The van der Waals surface area contributed by atoms with Crippen LogP contribution in [-0.2, 0) is 4.74 Å². The van der Waals surface area contributed by atoms with E-state index in [1.807, 2.05) is 0 Å². The number of fused-ring (bicyclic) bond motifs is 2. The number of likely N-dealkylation sites (tertiary alicyclic amines) is 2. The van der Waals surface area contributed by atoms with Crippen molar-refractivity contribution < 1.29 is 4.74 Å². The van der Waals surface area contributed by atoms with E-state index in [0.29, 0.717) is 0 Å². The van der Waals surface area contributed by atoms with Crippen molar-refractivity contribution in [3.8, 4) is 0 Å². The highest BCUT2D eigenvalue weighted by atomic mass is 16.5. The first-order valence-corrected chi connectivity index (χ1v) is 4.88. The first kappa shape index (κ1) is 7.30. The Kier molecular flexibility index (Phi) is 1.48. The normalized spacial score (nSPS) is 43.8. The molecule has 3 aliphatic heterocycles. The second-order valence-corrected chi connectivity index (χ2v) is 4.37. The lowest BCUT2D eigenvalue weighted by Crippen LogP contribution is -2.56. The van der Waals surface area contributed by atoms with E-state index >= 15 is 0 Å². The predicted molar refractivity (Wildman–Crippen MR) is 46.1 cm³/mol. The first-order valence-electron chi connectivity index (χ1n) is 4.88. The van der Waals surface area contributed by atoms with E-state index in [1.54, 1.807) is 0 Å². The molecule has 0 aliphatic carbocycles. The monoisotopic (exact) mass is 168 g/mol. The fourth-order valence-electron chi connectivity index (χ4n) is 2.76. The van der Waals surface area contributed by atoms with E-state index < -0.39 is 0 Å². The van der Waals surface area contributed by atoms with Crippen LogP contribution < -0.4 is 0 Å². The van der Waals surface area contributed by atoms with Crippen molar-refractivity contribution >= 4 is 0 Å². The molecule has 68 valence electrons. The maximum Gasteiger partial charge on any atom is 0.0645 e. The van der Waals surface area contributed by atoms with Crippen LogP contribution in [0.5, 0.6) is 0 Å². The molecule has 3 fully saturated rings. The molecule has 2 unspecified atom stereocenters. The third-order valence-electron chi connectivity index (χ3n) is 3.65. The largest absolute Gasteiger partial charge is 0.378 e. The molecule has 0 N–H and O–H groups in total. The molecule has 0 amide bonds. The Labute approximate surface area is 73.3 Å². The summed E-state index contributed by atoms with van der Waals surface area (Å²) in [7, 11) is 2.25. The van der Waals surface area contributed by atoms with Gasteiger partial charge in [-0.3, -0.25) is 4.90 Å². The average Bonchev–Trinajstić information content (AvgIpc) is 2.42. The second kappa shape index (κ2) is 2.44. The molecule has 12 heavy (non-hydrogen) atoms. The number of likely N-dealkylation sites (N-methyl/N-ethyl adjacent to an activating group) is 1. The molecule has 2 atom stereocenters. The Morgan fingerprint density at radius 3 is 2.33 bits per heavy atom. The van der Waals surface area contributed by atoms with Crippen LogP contribution in [-0.4, -0.2) is 61.3 Å². The van der Waals surface area contributed by atoms with Crippen LogP contribution in [0.3, 0.4) is 0 Å². The molecule has 0 aromatic carbocycles. The summed E-state index contributed by atoms with van der Waals surface area (Å²) in [5, 5.41) is 0. The Morgan fingerprint density at radius 2 is 1.92 bits per heavy atom. The zero-order chi connectivity index (χ0) is 8.13. The second-order valence-electron chi connectivity index (χ2n) is 4.37. The minimum absolute atomic E-state index is 0.758. The molecule has 0 aromatic heterocycles. The SMILES string of the molecule is CN1CC2CC1CN2C1COC1. The van der Waals surface area contributed by atoms with Gasteiger partial charge >= 0.3 is 0 Å². The highest BCUT2D eigenvalue weighted by molar-refractivity contribution is 5.01. The van der Waals surface area contributed by atoms with Crippen molar-refractivity contribution in [2.45, 2.75) is 24.5 Å². The van der Waals surface area contributed by atoms with Crippen LogP contribution in [0.4, 0.5) is 0 Å². The quantitative estimate of drug-likeness (QED) is 0.538. The van der Waals surface area contributed by atoms with Gasteiger partial charge in [-0.15, -0.1) is 0 Å². The van der Waals surface area contributed by atoms with Crippen molar-refractivity contribution in [2.24, 2.45) is 0 Å². The summed E-state index contributed by atoms with van der Waals surface area (Å²) in [5.41, 5.74) is 0. The molecule has 0 radical (unpaired) electrons. The molecule has 0 saturated carbocycles. The number of hydrogen-bond acceptors (Lipinski definition) is 3. The molecule has 3 saturated heterocycles. The van der Waals surface area contributed by atoms with E-state index in [0.717, 1.165) is 31.3 Å². The van der Waals surface area contributed by atoms with Crippen LogP contribution in [0.2, 0.25) is 0 Å². The Morgan fingerprint density at radius 1 is 1.08 bits per heavy atom. The fraction of sp³-hybridized carbons (Fsp3) is 1.00. The lowest BCUT2D eigenvalue weighted by Gasteiger charge is -2.41. The summed E-state index contributed by atoms with van der Waals surface area (Å²) in [6.07, 6.45) is 1.40. The molecular weight excluding hydrogens is 152 g/mol. The maximum absolute atomic E-state index is 5.23. The molecule has 3 heteroatoms. The lowest BCUT2D eigenvalue weighted by molar-refractivity contribution is -0.0785. The van der Waals surface area contributed by atoms with E-state index in [-0.39, 0.29) is 0 Å². The zero-order valence-corrected chi connectivity index (χ0v) is 7.57. The van der Waals surface area contributed by atoms with Gasteiger partial charge in [-0.1, -0.05) is 0 Å². The van der Waals surface area contributed by atoms with E-state index in [4.69, 9.17) is 4.74 Å². The van der Waals surface area contributed by atoms with Crippen LogP contribution in [0.15, 0.2) is 0 Å². The van der Waals surface area contributed by atoms with Crippen LogP contribution in [0.25, 0.3) is 0 Å². The smallest absolute Gasteiger partial charge is 0.0645 e. The molecule has 0 aromatic rings. The molecular formula is C9H16N2O. The van der Waals surface area contributed by atoms with Gasteiger partial charge in [-0.25, -0.2) is 0 Å². The Bertz CT molecular complexity index is 191. The number of hydrogen-bond donors (Lipinski definition) is 0. The van der Waals surface area contributed by atoms with E-state index in [9.17, 15) is 0 Å². The van der Waals surface area contributed by atoms with Gasteiger partial charge in [0.15, 0.2) is 0 Å². The van der Waals surface area contributed by atoms with Gasteiger partial charge in [0.25, 0.3) is 0 Å². The minimum atomic E-state index is 0.758. The molecule has 3 aliphatic rings. The van der Waals surface area contributed by atoms with Gasteiger partial charge in [0, 0.05) is 25.2 Å². The van der Waals surface area contributed by atoms with Gasteiger partial charge in [-0.05, 0) is 13.5 Å². The van der Waals surface area contributed by atoms with Crippen molar-refractivity contribution in [1.29, 1.82) is 0 Å². The molecule has 2 bridgehead atoms. The predicted octanol–water partition coefficient (Wildman–Crippen LogP) is -0.227. The lowest BCUT2D eigenvalue weighted by atomic mass is 10.2. The summed E-state index contributed by atoms with van der Waals surface area (Å²) in [6.45, 7) is 4.52. The van der Waals surface area contributed by atoms with Gasteiger partial charge in [-0.2, -0.15) is 0 Å². The number of ether oxygens (including phenoxy) is 1. The topological polar surface area (TPSA) is 15.7 Å². The number of piperazine rings is 1. The standard InChI is InChI=1S/C9H16N2O/c1-10-3-8-2-7(10)4-11(8)9-5-12-6-9/h7-9H,2-6H2,1H3. The number of rotatable bonds is 1. The number of nitrogens with zero attached hydrogens (tertiary/aromatic N) is 2. The Hall–Kier alpha value is -0.120. The van der Waals surface area contributed by atoms with Crippen molar-refractivity contribution in [1.82, 2.24) is 9.80 Å². The summed E-state index contributed by atoms with van der Waals surface area (Å²) in [5.74, 6) is 0. The highest BCUT2D eigenvalue weighted by Gasteiger charge is 2.45. The highest BCUT2D eigenvalue weighted by Crippen LogP contribution is 2.32. The van der Waals surface area contributed by atoms with Crippen molar-refractivity contribution in [3.05, 3.63) is 0 Å². The van der Waals surface area contributed by atoms with Gasteiger partial charge in [0.2, 0.25) is 0 Å². The Balaban J connectivity index is 1.69. The van der Waals surface area contributed by atoms with Crippen molar-refractivity contribution in [2.75, 3.05) is 33.4 Å². The zero-order valence-electron chi connectivity index (χ0n) is 7.57. The minimum Gasteiger partial charge on any atom is -0.378 e. The summed E-state index contributed by atoms with van der Waals surface area (Å²) >= 11 is 0. The van der Waals surface area contributed by atoms with E-state index in [2.05, 4.69) is 16.8 Å². The molecule has 0 spiro atoms. The van der Waals surface area contributed by atoms with Gasteiger partial charge in [0.05, 0.1) is 19.3 Å². The third kappa shape index (κ3) is 0.873. The summed E-state index contributed by atoms with van der Waals surface area (Å²) in [6, 6.07) is 2.44. The van der Waals surface area contributed by atoms with Gasteiger partial charge in [0.1, 0.15) is 0 Å². The summed E-state index contributed by atoms with van der Waals surface area (Å²) < 4.78 is 5.23. The van der Waals surface area contributed by atoms with E-state index in [1.165, 1.54) is 19.5 Å². The molecule has 3 heterocycles. The average molecular weight is 168 g/mol. The summed E-state index contributed by atoms with van der Waals surface area (Å²) in [4.78, 5) is 5.16. The van der Waals surface area contributed by atoms with Gasteiger partial charge < -0.3 is 9.64 Å². The van der Waals surface area contributed by atoms with Crippen molar-refractivity contribution in [3.63, 3.8) is 0 Å². The third-order valence-corrected chi connectivity index (χ3v) is 3.65.